The lowest BCUT2D eigenvalue weighted by Crippen LogP contribution is -2.16. The van der Waals surface area contributed by atoms with Crippen LogP contribution in [0.5, 0.6) is 0 Å². The molecule has 0 amide bonds. The summed E-state index contributed by atoms with van der Waals surface area (Å²) in [5.74, 6) is 0.143. The van der Waals surface area contributed by atoms with Gasteiger partial charge < -0.3 is 5.32 Å². The first kappa shape index (κ1) is 26.1. The third-order valence-electron chi connectivity index (χ3n) is 8.61. The van der Waals surface area contributed by atoms with E-state index in [-0.39, 0.29) is 12.0 Å². The van der Waals surface area contributed by atoms with Crippen molar-refractivity contribution in [2.45, 2.75) is 18.4 Å². The maximum atomic E-state index is 4.94. The van der Waals surface area contributed by atoms with E-state index in [2.05, 4.69) is 120 Å². The van der Waals surface area contributed by atoms with E-state index in [0.717, 1.165) is 29.1 Å². The van der Waals surface area contributed by atoms with Crippen LogP contribution in [0.15, 0.2) is 151 Å². The van der Waals surface area contributed by atoms with Gasteiger partial charge in [-0.3, -0.25) is 15.0 Å². The molecular weight excluding hydrogens is 536 g/mol. The number of hydrogen-bond donors (Lipinski definition) is 1. The van der Waals surface area contributed by atoms with E-state index in [9.17, 15) is 0 Å². The van der Waals surface area contributed by atoms with Gasteiger partial charge in [-0.15, -0.1) is 0 Å². The van der Waals surface area contributed by atoms with Crippen LogP contribution in [-0.2, 0) is 0 Å². The molecule has 2 aliphatic heterocycles. The number of aliphatic imine (C=N–C) groups is 1. The Kier molecular flexibility index (Phi) is 6.65. The maximum absolute atomic E-state index is 4.94. The van der Waals surface area contributed by atoms with E-state index >= 15 is 0 Å². The first-order valence-corrected chi connectivity index (χ1v) is 15.1. The highest BCUT2D eigenvalue weighted by Crippen LogP contribution is 2.44. The summed E-state index contributed by atoms with van der Waals surface area (Å²) in [5.41, 5.74) is 8.87. The lowest BCUT2D eigenvalue weighted by molar-refractivity contribution is 0.721. The van der Waals surface area contributed by atoms with Crippen LogP contribution >= 0.6 is 0 Å². The lowest BCUT2D eigenvalue weighted by atomic mass is 9.81. The van der Waals surface area contributed by atoms with Gasteiger partial charge in [-0.2, -0.15) is 0 Å². The number of allylic oxidation sites excluding steroid dienone is 3. The Morgan fingerprint density at radius 2 is 1.48 bits per heavy atom. The minimum absolute atomic E-state index is 0.0734. The van der Waals surface area contributed by atoms with Gasteiger partial charge in [-0.25, -0.2) is 0 Å². The van der Waals surface area contributed by atoms with Crippen LogP contribution in [0.4, 0.5) is 0 Å². The Balaban J connectivity index is 1.32. The second-order valence-corrected chi connectivity index (χ2v) is 11.2. The number of benzene rings is 4. The van der Waals surface area contributed by atoms with Crippen LogP contribution in [0.1, 0.15) is 35.3 Å². The maximum Gasteiger partial charge on any atom is 0.0882 e. The molecule has 0 saturated heterocycles. The normalized spacial score (nSPS) is 17.5. The number of nitrogens with one attached hydrogen (secondary N) is 1. The zero-order valence-corrected chi connectivity index (χ0v) is 24.1. The Morgan fingerprint density at radius 1 is 0.659 bits per heavy atom. The third-order valence-corrected chi connectivity index (χ3v) is 8.61. The topological polar surface area (TPSA) is 50.2 Å². The van der Waals surface area contributed by atoms with Crippen LogP contribution in [0.3, 0.4) is 0 Å². The van der Waals surface area contributed by atoms with E-state index in [1.54, 1.807) is 0 Å². The second-order valence-electron chi connectivity index (χ2n) is 11.2. The minimum atomic E-state index is 0.0734. The molecule has 4 heterocycles. The molecule has 2 aromatic heterocycles. The van der Waals surface area contributed by atoms with Crippen molar-refractivity contribution in [3.8, 4) is 22.3 Å². The number of dihydropyridines is 1. The third kappa shape index (κ3) is 4.71. The van der Waals surface area contributed by atoms with Gasteiger partial charge in [-0.05, 0) is 86.8 Å². The molecule has 4 nitrogen and oxygen atoms in total. The smallest absolute Gasteiger partial charge is 0.0882 e. The van der Waals surface area contributed by atoms with Crippen molar-refractivity contribution >= 4 is 33.5 Å². The van der Waals surface area contributed by atoms with Crippen molar-refractivity contribution in [2.75, 3.05) is 0 Å². The number of pyridine rings is 2. The number of nitrogens with zero attached hydrogens (tertiary/aromatic N) is 3. The lowest BCUT2D eigenvalue weighted by Gasteiger charge is -2.23. The van der Waals surface area contributed by atoms with Gasteiger partial charge in [0, 0.05) is 30.1 Å². The van der Waals surface area contributed by atoms with Crippen molar-refractivity contribution in [3.63, 3.8) is 0 Å². The first-order chi connectivity index (χ1) is 21.8. The van der Waals surface area contributed by atoms with Gasteiger partial charge in [0.15, 0.2) is 0 Å². The average Bonchev–Trinajstić information content (AvgIpc) is 3.12. The van der Waals surface area contributed by atoms with Crippen LogP contribution in [0, 0.1) is 0 Å². The summed E-state index contributed by atoms with van der Waals surface area (Å²) in [7, 11) is 0. The highest BCUT2D eigenvalue weighted by atomic mass is 14.9. The monoisotopic (exact) mass is 566 g/mol. The largest absolute Gasteiger partial charge is 0.379 e. The molecule has 0 aliphatic carbocycles. The number of fused-ring (bicyclic) bond motifs is 2. The van der Waals surface area contributed by atoms with Crippen LogP contribution in [0.25, 0.3) is 49.5 Å². The van der Waals surface area contributed by atoms with Gasteiger partial charge in [0.1, 0.15) is 0 Å². The van der Waals surface area contributed by atoms with Crippen molar-refractivity contribution in [1.82, 2.24) is 15.3 Å². The van der Waals surface area contributed by atoms with E-state index in [1.807, 2.05) is 42.9 Å². The number of hydrogen-bond acceptors (Lipinski definition) is 4. The molecular formula is C40H30N4. The fraction of sp³-hybridized carbons (Fsp3) is 0.0750. The molecule has 44 heavy (non-hydrogen) atoms. The number of rotatable bonds is 5. The predicted octanol–water partition coefficient (Wildman–Crippen LogP) is 9.43. The molecule has 2 unspecified atom stereocenters. The van der Waals surface area contributed by atoms with E-state index < -0.39 is 0 Å². The van der Waals surface area contributed by atoms with E-state index in [0.29, 0.717) is 0 Å². The quantitative estimate of drug-likeness (QED) is 0.212. The fourth-order valence-electron chi connectivity index (χ4n) is 6.50. The SMILES string of the molecule is C1=CNC(c2ccc(-c3c4ccccc4c(C4C=NC(c5ccccn5)=CC4)c4ccc(-c5ccccc5)cc34)cn2)C=C1. The first-order valence-electron chi connectivity index (χ1n) is 15.1. The Bertz CT molecular complexity index is 2110. The summed E-state index contributed by atoms with van der Waals surface area (Å²) in [6.45, 7) is 0. The Labute approximate surface area is 256 Å². The highest BCUT2D eigenvalue weighted by Gasteiger charge is 2.23. The van der Waals surface area contributed by atoms with Crippen molar-refractivity contribution < 1.29 is 0 Å². The summed E-state index contributed by atoms with van der Waals surface area (Å²) in [4.78, 5) is 14.4. The molecule has 2 aliphatic rings. The van der Waals surface area contributed by atoms with Crippen LogP contribution in [0.2, 0.25) is 0 Å². The molecule has 0 radical (unpaired) electrons. The molecule has 8 rings (SSSR count). The van der Waals surface area contributed by atoms with Crippen molar-refractivity contribution in [1.29, 1.82) is 0 Å². The summed E-state index contributed by atoms with van der Waals surface area (Å²) >= 11 is 0. The van der Waals surface area contributed by atoms with E-state index in [1.165, 1.54) is 43.8 Å². The van der Waals surface area contributed by atoms with Crippen LogP contribution in [-0.4, -0.2) is 16.2 Å². The summed E-state index contributed by atoms with van der Waals surface area (Å²) in [6, 6.07) is 36.7. The molecule has 0 bridgehead atoms. The standard InChI is InChI=1S/C40H30N4/c1-2-10-27(11-3-1)28-16-19-33-34(24-28)40(30-18-21-38(44-26-30)36-15-7-9-23-42-36)32-13-5-4-12-31(32)39(33)29-17-20-37(43-25-29)35-14-6-8-22-41-35/h1-16,18-26,29,36,42H,17H2. The Hall–Kier alpha value is -5.61. The molecule has 4 heteroatoms. The fourth-order valence-corrected chi connectivity index (χ4v) is 6.50. The van der Waals surface area contributed by atoms with Gasteiger partial charge in [0.25, 0.3) is 0 Å². The zero-order chi connectivity index (χ0) is 29.3. The molecule has 210 valence electrons. The van der Waals surface area contributed by atoms with Gasteiger partial charge in [0.2, 0.25) is 0 Å². The number of aromatic nitrogens is 2. The van der Waals surface area contributed by atoms with Gasteiger partial charge in [-0.1, -0.05) is 97.1 Å². The average molecular weight is 567 g/mol. The summed E-state index contributed by atoms with van der Waals surface area (Å²) < 4.78 is 0. The zero-order valence-electron chi connectivity index (χ0n) is 24.1. The predicted molar refractivity (Wildman–Crippen MR) is 182 cm³/mol. The molecule has 0 saturated carbocycles. The molecule has 2 atom stereocenters. The van der Waals surface area contributed by atoms with Crippen molar-refractivity contribution in [3.05, 3.63) is 163 Å². The van der Waals surface area contributed by atoms with Gasteiger partial charge in [0.05, 0.1) is 23.1 Å². The Morgan fingerprint density at radius 3 is 2.23 bits per heavy atom. The second kappa shape index (κ2) is 11.2. The van der Waals surface area contributed by atoms with Gasteiger partial charge >= 0.3 is 0 Å². The minimum Gasteiger partial charge on any atom is -0.379 e. The molecule has 1 N–H and O–H groups in total. The molecule has 4 aromatic carbocycles. The van der Waals surface area contributed by atoms with Crippen LogP contribution < -0.4 is 5.32 Å². The summed E-state index contributed by atoms with van der Waals surface area (Å²) in [5, 5.41) is 8.33. The highest BCUT2D eigenvalue weighted by molar-refractivity contribution is 6.17. The molecule has 6 aromatic rings. The molecule has 0 spiro atoms. The van der Waals surface area contributed by atoms with Crippen molar-refractivity contribution in [2.24, 2.45) is 4.99 Å². The molecule has 0 fully saturated rings. The summed E-state index contributed by atoms with van der Waals surface area (Å²) in [6.07, 6.45) is 17.2. The van der Waals surface area contributed by atoms with E-state index in [4.69, 9.17) is 9.98 Å².